The van der Waals surface area contributed by atoms with Crippen LogP contribution in [0, 0.1) is 0 Å². The first-order chi connectivity index (χ1) is 25.4. The Labute approximate surface area is 309 Å². The van der Waals surface area contributed by atoms with Crippen molar-refractivity contribution in [2.75, 3.05) is 24.9 Å². The lowest BCUT2D eigenvalue weighted by atomic mass is 10.1. The number of thioether (sulfide) groups is 1. The second kappa shape index (κ2) is 17.2. The minimum Gasteiger partial charge on any atom is -0.497 e. The zero-order chi connectivity index (χ0) is 36.3. The molecule has 9 nitrogen and oxygen atoms in total. The lowest BCUT2D eigenvalue weighted by molar-refractivity contribution is -0.116. The van der Waals surface area contributed by atoms with E-state index in [1.165, 1.54) is 36.3 Å². The number of carbonyl (C=O) groups excluding carboxylic acids is 3. The molecule has 6 aromatic rings. The number of nitrogens with zero attached hydrogens (tertiary/aromatic N) is 1. The van der Waals surface area contributed by atoms with Gasteiger partial charge in [-0.15, -0.1) is 23.1 Å². The molecule has 0 bridgehead atoms. The van der Waals surface area contributed by atoms with Gasteiger partial charge in [0, 0.05) is 32.7 Å². The molecule has 11 heteroatoms. The summed E-state index contributed by atoms with van der Waals surface area (Å²) in [6.07, 6.45) is 1.54. The van der Waals surface area contributed by atoms with E-state index in [1.54, 1.807) is 67.8 Å². The molecule has 1 unspecified atom stereocenters. The summed E-state index contributed by atoms with van der Waals surface area (Å²) in [5.41, 5.74) is 4.01. The third-order valence-electron chi connectivity index (χ3n) is 7.78. The largest absolute Gasteiger partial charge is 0.497 e. The minimum absolute atomic E-state index is 0.00252. The molecule has 3 N–H and O–H groups in total. The van der Waals surface area contributed by atoms with Gasteiger partial charge in [0.1, 0.15) is 22.4 Å². The smallest absolute Gasteiger partial charge is 0.272 e. The van der Waals surface area contributed by atoms with E-state index in [2.05, 4.69) is 20.9 Å². The van der Waals surface area contributed by atoms with Gasteiger partial charge in [0.25, 0.3) is 11.8 Å². The van der Waals surface area contributed by atoms with Crippen molar-refractivity contribution in [3.8, 4) is 22.8 Å². The zero-order valence-corrected chi connectivity index (χ0v) is 29.9. The molecule has 0 saturated heterocycles. The fraction of sp³-hybridized carbons (Fsp3) is 0.0732. The van der Waals surface area contributed by atoms with Crippen LogP contribution in [0.1, 0.15) is 26.7 Å². The molecule has 52 heavy (non-hydrogen) atoms. The summed E-state index contributed by atoms with van der Waals surface area (Å²) < 4.78 is 10.9. The predicted octanol–water partition coefficient (Wildman–Crippen LogP) is 8.71. The maximum atomic E-state index is 13.7. The van der Waals surface area contributed by atoms with Crippen molar-refractivity contribution in [3.63, 3.8) is 0 Å². The number of hydrogen-bond acceptors (Lipinski definition) is 8. The molecular weight excluding hydrogens is 693 g/mol. The number of rotatable bonds is 13. The normalized spacial score (nSPS) is 11.6. The fourth-order valence-electron chi connectivity index (χ4n) is 5.15. The number of nitrogens with one attached hydrogen (secondary N) is 3. The Bertz CT molecular complexity index is 2170. The highest BCUT2D eigenvalue weighted by Gasteiger charge is 2.24. The van der Waals surface area contributed by atoms with Crippen LogP contribution in [0.3, 0.4) is 0 Å². The SMILES string of the molecule is COc1ccc(OC)c(/C=C(\NC(=O)c2ccccc2)C(=O)Nc2ccc(SC(C(=O)Nc3nc(-c4ccccc4)cs3)c3ccccc3)cc2)c1. The van der Waals surface area contributed by atoms with E-state index < -0.39 is 17.1 Å². The van der Waals surface area contributed by atoms with Crippen molar-refractivity contribution in [2.24, 2.45) is 0 Å². The van der Waals surface area contributed by atoms with Gasteiger partial charge in [-0.3, -0.25) is 14.4 Å². The number of thiazole rings is 1. The van der Waals surface area contributed by atoms with Crippen LogP contribution < -0.4 is 25.4 Å². The highest BCUT2D eigenvalue weighted by atomic mass is 32.2. The summed E-state index contributed by atoms with van der Waals surface area (Å²) in [6, 6.07) is 40.3. The quantitative estimate of drug-likeness (QED) is 0.0805. The Kier molecular flexibility index (Phi) is 11.8. The summed E-state index contributed by atoms with van der Waals surface area (Å²) in [6.45, 7) is 0. The van der Waals surface area contributed by atoms with Crippen LogP contribution >= 0.6 is 23.1 Å². The molecule has 260 valence electrons. The molecule has 0 fully saturated rings. The van der Waals surface area contributed by atoms with E-state index in [0.717, 1.165) is 21.7 Å². The maximum Gasteiger partial charge on any atom is 0.272 e. The summed E-state index contributed by atoms with van der Waals surface area (Å²) in [4.78, 5) is 46.0. The van der Waals surface area contributed by atoms with Crippen LogP contribution in [-0.4, -0.2) is 36.9 Å². The Balaban J connectivity index is 1.20. The zero-order valence-electron chi connectivity index (χ0n) is 28.2. The summed E-state index contributed by atoms with van der Waals surface area (Å²) >= 11 is 2.75. The summed E-state index contributed by atoms with van der Waals surface area (Å²) in [5.74, 6) is -0.158. The molecule has 5 aromatic carbocycles. The molecule has 0 aliphatic carbocycles. The minimum atomic E-state index is -0.578. The molecule has 1 heterocycles. The number of carbonyl (C=O) groups is 3. The molecule has 1 atom stereocenters. The number of aromatic nitrogens is 1. The summed E-state index contributed by atoms with van der Waals surface area (Å²) in [5, 5.41) is 10.5. The number of ether oxygens (including phenoxy) is 2. The Hall–Kier alpha value is -6.17. The van der Waals surface area contributed by atoms with Crippen molar-refractivity contribution in [1.29, 1.82) is 0 Å². The maximum absolute atomic E-state index is 13.7. The van der Waals surface area contributed by atoms with Gasteiger partial charge in [-0.2, -0.15) is 0 Å². The first-order valence-corrected chi connectivity index (χ1v) is 17.9. The molecule has 0 aliphatic heterocycles. The highest BCUT2D eigenvalue weighted by Crippen LogP contribution is 2.37. The third-order valence-corrected chi connectivity index (χ3v) is 9.80. The van der Waals surface area contributed by atoms with Crippen molar-refractivity contribution in [3.05, 3.63) is 161 Å². The molecule has 6 rings (SSSR count). The first kappa shape index (κ1) is 35.6. The van der Waals surface area contributed by atoms with Crippen molar-refractivity contribution in [1.82, 2.24) is 10.3 Å². The van der Waals surface area contributed by atoms with Gasteiger partial charge in [-0.25, -0.2) is 4.98 Å². The van der Waals surface area contributed by atoms with Crippen molar-refractivity contribution in [2.45, 2.75) is 10.1 Å². The van der Waals surface area contributed by atoms with Crippen molar-refractivity contribution >= 4 is 57.7 Å². The van der Waals surface area contributed by atoms with Crippen LogP contribution in [-0.2, 0) is 9.59 Å². The molecule has 3 amide bonds. The molecule has 0 radical (unpaired) electrons. The number of hydrogen-bond donors (Lipinski definition) is 3. The van der Waals surface area contributed by atoms with E-state index in [1.807, 2.05) is 78.2 Å². The van der Waals surface area contributed by atoms with Gasteiger partial charge in [0.05, 0.1) is 19.9 Å². The van der Waals surface area contributed by atoms with Gasteiger partial charge in [-0.1, -0.05) is 78.9 Å². The van der Waals surface area contributed by atoms with Crippen molar-refractivity contribution < 1.29 is 23.9 Å². The second-order valence-corrected chi connectivity index (χ2v) is 13.3. The van der Waals surface area contributed by atoms with E-state index in [-0.39, 0.29) is 11.6 Å². The average molecular weight is 727 g/mol. The van der Waals surface area contributed by atoms with E-state index in [4.69, 9.17) is 9.47 Å². The molecular formula is C41H34N4O5S2. The van der Waals surface area contributed by atoms with Crippen LogP contribution in [0.5, 0.6) is 11.5 Å². The standard InChI is InChI=1S/C41H34N4O5S2/c1-49-32-20-23-36(50-2)30(24-32)25-34(43-38(46)29-16-10-5-11-17-29)39(47)42-31-18-21-33(22-19-31)52-37(28-14-8-4-9-15-28)40(48)45-41-44-35(26-51-41)27-12-6-3-7-13-27/h3-26,37H,1-2H3,(H,42,47)(H,43,46)(H,44,45,48)/b34-25-. The number of anilines is 2. The molecule has 0 saturated carbocycles. The van der Waals surface area contributed by atoms with Gasteiger partial charge in [-0.05, 0) is 66.2 Å². The van der Waals surface area contributed by atoms with Gasteiger partial charge < -0.3 is 25.4 Å². The van der Waals surface area contributed by atoms with Gasteiger partial charge in [0.15, 0.2) is 5.13 Å². The topological polar surface area (TPSA) is 119 Å². The number of benzene rings is 5. The Morgan fingerprint density at radius 1 is 0.769 bits per heavy atom. The fourth-order valence-corrected chi connectivity index (χ4v) is 6.89. The Morgan fingerprint density at radius 2 is 1.44 bits per heavy atom. The number of amides is 3. The molecule has 1 aromatic heterocycles. The molecule has 0 spiro atoms. The van der Waals surface area contributed by atoms with Crippen LogP contribution in [0.15, 0.2) is 149 Å². The van der Waals surface area contributed by atoms with Crippen LogP contribution in [0.25, 0.3) is 17.3 Å². The average Bonchev–Trinajstić information content (AvgIpc) is 3.66. The van der Waals surface area contributed by atoms with E-state index >= 15 is 0 Å². The van der Waals surface area contributed by atoms with Crippen LogP contribution in [0.4, 0.5) is 10.8 Å². The van der Waals surface area contributed by atoms with Gasteiger partial charge in [0.2, 0.25) is 5.91 Å². The number of methoxy groups -OCH3 is 2. The van der Waals surface area contributed by atoms with E-state index in [9.17, 15) is 14.4 Å². The molecule has 0 aliphatic rings. The summed E-state index contributed by atoms with van der Waals surface area (Å²) in [7, 11) is 3.06. The monoisotopic (exact) mass is 726 g/mol. The first-order valence-electron chi connectivity index (χ1n) is 16.1. The van der Waals surface area contributed by atoms with Gasteiger partial charge >= 0.3 is 0 Å². The van der Waals surface area contributed by atoms with Crippen LogP contribution in [0.2, 0.25) is 0 Å². The second-order valence-electron chi connectivity index (χ2n) is 11.3. The lowest BCUT2D eigenvalue weighted by Crippen LogP contribution is -2.30. The third kappa shape index (κ3) is 9.13. The highest BCUT2D eigenvalue weighted by molar-refractivity contribution is 8.00. The van der Waals surface area contributed by atoms with E-state index in [0.29, 0.717) is 33.4 Å². The Morgan fingerprint density at radius 3 is 2.12 bits per heavy atom. The predicted molar refractivity (Wildman–Crippen MR) is 208 cm³/mol. The lowest BCUT2D eigenvalue weighted by Gasteiger charge is -2.17.